The first-order valence-corrected chi connectivity index (χ1v) is 5.83. The van der Waals surface area contributed by atoms with Gasteiger partial charge in [-0.2, -0.15) is 0 Å². The van der Waals surface area contributed by atoms with Gasteiger partial charge in [-0.05, 0) is 31.9 Å². The second-order valence-corrected chi connectivity index (χ2v) is 4.24. The fourth-order valence-corrected chi connectivity index (χ4v) is 2.28. The van der Waals surface area contributed by atoms with Gasteiger partial charge in [0.2, 0.25) is 0 Å². The van der Waals surface area contributed by atoms with Crippen molar-refractivity contribution in [3.63, 3.8) is 0 Å². The second kappa shape index (κ2) is 5.37. The van der Waals surface area contributed by atoms with Crippen LogP contribution in [0.4, 0.5) is 0 Å². The van der Waals surface area contributed by atoms with Crippen LogP contribution in [0, 0.1) is 0 Å². The maximum atomic E-state index is 5.18. The van der Waals surface area contributed by atoms with E-state index in [2.05, 4.69) is 15.3 Å². The molecule has 4 heteroatoms. The van der Waals surface area contributed by atoms with Crippen LogP contribution in [0.3, 0.4) is 0 Å². The van der Waals surface area contributed by atoms with Gasteiger partial charge in [-0.3, -0.25) is 0 Å². The average Bonchev–Trinajstić information content (AvgIpc) is 2.77. The molecule has 4 nitrogen and oxygen atoms in total. The van der Waals surface area contributed by atoms with Crippen LogP contribution < -0.4 is 5.32 Å². The predicted molar refractivity (Wildman–Crippen MR) is 62.5 cm³/mol. The Bertz CT molecular complexity index is 354. The number of methoxy groups -OCH3 is 1. The first-order valence-electron chi connectivity index (χ1n) is 5.83. The van der Waals surface area contributed by atoms with Crippen molar-refractivity contribution in [3.05, 3.63) is 23.3 Å². The Kier molecular flexibility index (Phi) is 3.85. The summed E-state index contributed by atoms with van der Waals surface area (Å²) in [5.41, 5.74) is 3.81. The topological polar surface area (TPSA) is 47.0 Å². The Hall–Kier alpha value is -1.00. The minimum absolute atomic E-state index is 0.338. The van der Waals surface area contributed by atoms with E-state index in [1.165, 1.54) is 23.4 Å². The van der Waals surface area contributed by atoms with Crippen LogP contribution in [0.15, 0.2) is 6.33 Å². The Morgan fingerprint density at radius 1 is 1.44 bits per heavy atom. The van der Waals surface area contributed by atoms with Crippen molar-refractivity contribution in [3.8, 4) is 0 Å². The lowest BCUT2D eigenvalue weighted by molar-refractivity contribution is 0.169. The van der Waals surface area contributed by atoms with Gasteiger partial charge in [0, 0.05) is 31.0 Å². The van der Waals surface area contributed by atoms with E-state index in [1.807, 2.05) is 7.05 Å². The minimum Gasteiger partial charge on any atom is -0.383 e. The van der Waals surface area contributed by atoms with E-state index < -0.39 is 0 Å². The molecule has 0 amide bonds. The molecule has 0 saturated carbocycles. The van der Waals surface area contributed by atoms with Gasteiger partial charge >= 0.3 is 0 Å². The minimum atomic E-state index is 0.338. The van der Waals surface area contributed by atoms with E-state index in [0.29, 0.717) is 6.04 Å². The monoisotopic (exact) mass is 221 g/mol. The summed E-state index contributed by atoms with van der Waals surface area (Å²) in [5, 5.41) is 3.26. The maximum absolute atomic E-state index is 5.18. The van der Waals surface area contributed by atoms with E-state index in [0.717, 1.165) is 25.9 Å². The van der Waals surface area contributed by atoms with Crippen LogP contribution in [-0.4, -0.2) is 36.8 Å². The molecule has 1 heterocycles. The summed E-state index contributed by atoms with van der Waals surface area (Å²) in [6.45, 7) is 0.718. The fourth-order valence-electron chi connectivity index (χ4n) is 2.28. The van der Waals surface area contributed by atoms with E-state index in [4.69, 9.17) is 4.74 Å². The van der Waals surface area contributed by atoms with E-state index in [9.17, 15) is 0 Å². The Balaban J connectivity index is 2.12. The highest BCUT2D eigenvalue weighted by Gasteiger charge is 2.18. The lowest BCUT2D eigenvalue weighted by Crippen LogP contribution is -2.32. The summed E-state index contributed by atoms with van der Waals surface area (Å²) in [6.07, 6.45) is 6.08. The molecule has 1 aliphatic rings. The number of aromatic nitrogens is 2. The zero-order valence-corrected chi connectivity index (χ0v) is 9.99. The maximum Gasteiger partial charge on any atom is 0.115 e. The summed E-state index contributed by atoms with van der Waals surface area (Å²) in [4.78, 5) is 8.75. The first kappa shape index (κ1) is 11.5. The van der Waals surface area contributed by atoms with Crippen molar-refractivity contribution in [2.24, 2.45) is 0 Å². The molecule has 1 unspecified atom stereocenters. The summed E-state index contributed by atoms with van der Waals surface area (Å²) >= 11 is 0. The number of aryl methyl sites for hydroxylation is 1. The molecule has 0 saturated heterocycles. The summed E-state index contributed by atoms with van der Waals surface area (Å²) < 4.78 is 5.18. The smallest absolute Gasteiger partial charge is 0.115 e. The highest BCUT2D eigenvalue weighted by atomic mass is 16.5. The van der Waals surface area contributed by atoms with Crippen molar-refractivity contribution < 1.29 is 4.74 Å². The normalized spacial score (nSPS) is 16.1. The number of ether oxygens (including phenoxy) is 1. The van der Waals surface area contributed by atoms with Crippen LogP contribution in [-0.2, 0) is 24.0 Å². The summed E-state index contributed by atoms with van der Waals surface area (Å²) in [6, 6.07) is 0.338. The number of fused-ring (bicyclic) bond motifs is 1. The molecule has 1 aromatic heterocycles. The molecule has 0 bridgehead atoms. The molecule has 1 atom stereocenters. The van der Waals surface area contributed by atoms with Gasteiger partial charge in [-0.15, -0.1) is 0 Å². The predicted octanol–water partition coefficient (Wildman–Crippen LogP) is 0.742. The van der Waals surface area contributed by atoms with E-state index in [1.54, 1.807) is 13.4 Å². The van der Waals surface area contributed by atoms with Gasteiger partial charge in [0.05, 0.1) is 6.61 Å². The molecule has 1 aliphatic carbocycles. The first-order chi connectivity index (χ1) is 7.85. The standard InChI is InChI=1S/C12H19N3O/c1-13-9(7-16-2)6-12-10-4-3-5-11(10)14-8-15-12/h8-9,13H,3-7H2,1-2H3. The van der Waals surface area contributed by atoms with Gasteiger partial charge in [0.15, 0.2) is 0 Å². The number of likely N-dealkylation sites (N-methyl/N-ethyl adjacent to an activating group) is 1. The van der Waals surface area contributed by atoms with Crippen molar-refractivity contribution in [2.75, 3.05) is 20.8 Å². The molecule has 16 heavy (non-hydrogen) atoms. The lowest BCUT2D eigenvalue weighted by atomic mass is 10.1. The molecular formula is C12H19N3O. The van der Waals surface area contributed by atoms with Gasteiger partial charge < -0.3 is 10.1 Å². The molecule has 0 aliphatic heterocycles. The molecule has 0 fully saturated rings. The molecule has 2 rings (SSSR count). The van der Waals surface area contributed by atoms with Crippen LogP contribution in [0.2, 0.25) is 0 Å². The quantitative estimate of drug-likeness (QED) is 0.796. The highest BCUT2D eigenvalue weighted by molar-refractivity contribution is 5.29. The zero-order chi connectivity index (χ0) is 11.4. The third kappa shape index (κ3) is 2.39. The molecule has 1 aromatic rings. The molecule has 0 spiro atoms. The number of hydrogen-bond donors (Lipinski definition) is 1. The third-order valence-corrected chi connectivity index (χ3v) is 3.18. The number of hydrogen-bond acceptors (Lipinski definition) is 4. The zero-order valence-electron chi connectivity index (χ0n) is 9.99. The van der Waals surface area contributed by atoms with Gasteiger partial charge in [0.1, 0.15) is 6.33 Å². The summed E-state index contributed by atoms with van der Waals surface area (Å²) in [5.74, 6) is 0. The Morgan fingerprint density at radius 2 is 2.31 bits per heavy atom. The van der Waals surface area contributed by atoms with Crippen LogP contribution in [0.5, 0.6) is 0 Å². The number of rotatable bonds is 5. The Morgan fingerprint density at radius 3 is 3.06 bits per heavy atom. The van der Waals surface area contributed by atoms with Crippen LogP contribution in [0.1, 0.15) is 23.4 Å². The van der Waals surface area contributed by atoms with Crippen molar-refractivity contribution in [2.45, 2.75) is 31.7 Å². The number of nitrogens with zero attached hydrogens (tertiary/aromatic N) is 2. The van der Waals surface area contributed by atoms with E-state index in [-0.39, 0.29) is 0 Å². The lowest BCUT2D eigenvalue weighted by Gasteiger charge is -2.16. The Labute approximate surface area is 96.4 Å². The van der Waals surface area contributed by atoms with Gasteiger partial charge in [-0.1, -0.05) is 0 Å². The highest BCUT2D eigenvalue weighted by Crippen LogP contribution is 2.22. The SMILES string of the molecule is CNC(COC)Cc1ncnc2c1CCC2. The summed E-state index contributed by atoms with van der Waals surface area (Å²) in [7, 11) is 3.69. The molecule has 1 N–H and O–H groups in total. The average molecular weight is 221 g/mol. The van der Waals surface area contributed by atoms with Crippen LogP contribution in [0.25, 0.3) is 0 Å². The van der Waals surface area contributed by atoms with Crippen molar-refractivity contribution in [1.82, 2.24) is 15.3 Å². The fraction of sp³-hybridized carbons (Fsp3) is 0.667. The third-order valence-electron chi connectivity index (χ3n) is 3.18. The second-order valence-electron chi connectivity index (χ2n) is 4.24. The van der Waals surface area contributed by atoms with Crippen molar-refractivity contribution in [1.29, 1.82) is 0 Å². The van der Waals surface area contributed by atoms with Gasteiger partial charge in [0.25, 0.3) is 0 Å². The van der Waals surface area contributed by atoms with Crippen molar-refractivity contribution >= 4 is 0 Å². The largest absolute Gasteiger partial charge is 0.383 e. The van der Waals surface area contributed by atoms with E-state index >= 15 is 0 Å². The molecule has 88 valence electrons. The molecule has 0 radical (unpaired) electrons. The van der Waals surface area contributed by atoms with Crippen LogP contribution >= 0.6 is 0 Å². The molecule has 0 aromatic carbocycles. The van der Waals surface area contributed by atoms with Gasteiger partial charge in [-0.25, -0.2) is 9.97 Å². The molecular weight excluding hydrogens is 202 g/mol. The number of nitrogens with one attached hydrogen (secondary N) is 1.